The first-order valence-corrected chi connectivity index (χ1v) is 7.73. The van der Waals surface area contributed by atoms with Gasteiger partial charge in [-0.15, -0.1) is 0 Å². The van der Waals surface area contributed by atoms with Gasteiger partial charge >= 0.3 is 0 Å². The Bertz CT molecular complexity index is 532. The molecule has 0 spiro atoms. The fourth-order valence-corrected chi connectivity index (χ4v) is 3.09. The van der Waals surface area contributed by atoms with E-state index in [0.29, 0.717) is 38.2 Å². The van der Waals surface area contributed by atoms with Crippen molar-refractivity contribution >= 4 is 5.91 Å². The van der Waals surface area contributed by atoms with Crippen LogP contribution in [0.2, 0.25) is 0 Å². The Morgan fingerprint density at radius 3 is 2.62 bits per heavy atom. The number of ether oxygens (including phenoxy) is 1. The van der Waals surface area contributed by atoms with E-state index in [1.807, 2.05) is 16.5 Å². The third kappa shape index (κ3) is 2.70. The number of amides is 1. The highest BCUT2D eigenvalue weighted by molar-refractivity contribution is 5.91. The van der Waals surface area contributed by atoms with Crippen molar-refractivity contribution in [1.29, 1.82) is 0 Å². The number of hydrogen-bond acceptors (Lipinski definition) is 4. The predicted molar refractivity (Wildman–Crippen MR) is 79.2 cm³/mol. The highest BCUT2D eigenvalue weighted by Crippen LogP contribution is 2.21. The van der Waals surface area contributed by atoms with Crippen LogP contribution in [0.3, 0.4) is 0 Å². The van der Waals surface area contributed by atoms with Gasteiger partial charge in [-0.05, 0) is 13.8 Å². The molecule has 0 radical (unpaired) electrons. The Hall–Kier alpha value is -1.40. The molecular weight excluding hydrogens is 268 g/mol. The van der Waals surface area contributed by atoms with E-state index in [4.69, 9.17) is 4.74 Å². The molecule has 1 amide bonds. The average molecular weight is 292 g/mol. The van der Waals surface area contributed by atoms with E-state index in [1.54, 1.807) is 0 Å². The summed E-state index contributed by atoms with van der Waals surface area (Å²) in [6.07, 6.45) is 0.966. The standard InChI is InChI=1S/C15H24N4O2/c1-11(2)19-5-4-13-12(10-19)16-14(17(13)3)15(20)18-6-8-21-9-7-18/h11H,4-10H2,1-3H3. The molecule has 1 aromatic rings. The second-order valence-electron chi connectivity index (χ2n) is 6.11. The lowest BCUT2D eigenvalue weighted by molar-refractivity contribution is 0.0292. The van der Waals surface area contributed by atoms with Gasteiger partial charge < -0.3 is 14.2 Å². The van der Waals surface area contributed by atoms with Gasteiger partial charge in [0.2, 0.25) is 0 Å². The molecular formula is C15H24N4O2. The Morgan fingerprint density at radius 1 is 1.24 bits per heavy atom. The fourth-order valence-electron chi connectivity index (χ4n) is 3.09. The fraction of sp³-hybridized carbons (Fsp3) is 0.733. The molecule has 2 aliphatic heterocycles. The maximum Gasteiger partial charge on any atom is 0.290 e. The molecule has 3 heterocycles. The molecule has 0 aromatic carbocycles. The van der Waals surface area contributed by atoms with Crippen LogP contribution in [0.5, 0.6) is 0 Å². The van der Waals surface area contributed by atoms with E-state index < -0.39 is 0 Å². The molecule has 1 fully saturated rings. The largest absolute Gasteiger partial charge is 0.378 e. The average Bonchev–Trinajstić information content (AvgIpc) is 2.84. The molecule has 1 aromatic heterocycles. The van der Waals surface area contributed by atoms with Crippen LogP contribution in [0.15, 0.2) is 0 Å². The monoisotopic (exact) mass is 292 g/mol. The van der Waals surface area contributed by atoms with Crippen LogP contribution in [0.1, 0.15) is 35.9 Å². The molecule has 6 heteroatoms. The first kappa shape index (κ1) is 14.5. The summed E-state index contributed by atoms with van der Waals surface area (Å²) in [5.74, 6) is 0.610. The van der Waals surface area contributed by atoms with Gasteiger partial charge in [0.25, 0.3) is 5.91 Å². The van der Waals surface area contributed by atoms with Crippen LogP contribution < -0.4 is 0 Å². The smallest absolute Gasteiger partial charge is 0.290 e. The third-order valence-corrected chi connectivity index (χ3v) is 4.51. The van der Waals surface area contributed by atoms with E-state index >= 15 is 0 Å². The van der Waals surface area contributed by atoms with Crippen molar-refractivity contribution in [3.63, 3.8) is 0 Å². The number of carbonyl (C=O) groups is 1. The van der Waals surface area contributed by atoms with Gasteiger partial charge in [0.15, 0.2) is 5.82 Å². The summed E-state index contributed by atoms with van der Waals surface area (Å²) in [7, 11) is 1.96. The van der Waals surface area contributed by atoms with Gasteiger partial charge in [-0.3, -0.25) is 9.69 Å². The van der Waals surface area contributed by atoms with E-state index in [1.165, 1.54) is 5.69 Å². The van der Waals surface area contributed by atoms with E-state index in [0.717, 1.165) is 25.2 Å². The second-order valence-corrected chi connectivity index (χ2v) is 6.11. The number of carbonyl (C=O) groups excluding carboxylic acids is 1. The molecule has 1 saturated heterocycles. The van der Waals surface area contributed by atoms with Gasteiger partial charge in [0.1, 0.15) is 0 Å². The van der Waals surface area contributed by atoms with Crippen LogP contribution in [0, 0.1) is 0 Å². The SMILES string of the molecule is CC(C)N1CCc2c(nc(C(=O)N3CCOCC3)n2C)C1. The highest BCUT2D eigenvalue weighted by Gasteiger charge is 2.28. The molecule has 0 bridgehead atoms. The third-order valence-electron chi connectivity index (χ3n) is 4.51. The van der Waals surface area contributed by atoms with Crippen molar-refractivity contribution in [2.24, 2.45) is 7.05 Å². The van der Waals surface area contributed by atoms with Crippen LogP contribution in [-0.4, -0.2) is 64.1 Å². The van der Waals surface area contributed by atoms with Crippen LogP contribution in [-0.2, 0) is 24.8 Å². The van der Waals surface area contributed by atoms with Gasteiger partial charge in [0, 0.05) is 51.4 Å². The minimum Gasteiger partial charge on any atom is -0.378 e. The van der Waals surface area contributed by atoms with Crippen molar-refractivity contribution in [2.45, 2.75) is 32.9 Å². The highest BCUT2D eigenvalue weighted by atomic mass is 16.5. The van der Waals surface area contributed by atoms with Crippen molar-refractivity contribution in [2.75, 3.05) is 32.8 Å². The summed E-state index contributed by atoms with van der Waals surface area (Å²) in [6.45, 7) is 8.85. The van der Waals surface area contributed by atoms with Crippen molar-refractivity contribution < 1.29 is 9.53 Å². The molecule has 21 heavy (non-hydrogen) atoms. The van der Waals surface area contributed by atoms with Crippen molar-refractivity contribution in [3.05, 3.63) is 17.2 Å². The second kappa shape index (κ2) is 5.77. The zero-order chi connectivity index (χ0) is 15.0. The number of hydrogen-bond donors (Lipinski definition) is 0. The minimum absolute atomic E-state index is 0.0336. The topological polar surface area (TPSA) is 50.6 Å². The first-order chi connectivity index (χ1) is 10.1. The maximum absolute atomic E-state index is 12.6. The van der Waals surface area contributed by atoms with Gasteiger partial charge in [0.05, 0.1) is 18.9 Å². The summed E-state index contributed by atoms with van der Waals surface area (Å²) in [5.41, 5.74) is 2.28. The lowest BCUT2D eigenvalue weighted by Gasteiger charge is -2.29. The quantitative estimate of drug-likeness (QED) is 0.803. The lowest BCUT2D eigenvalue weighted by Crippen LogP contribution is -2.41. The molecule has 0 N–H and O–H groups in total. The number of morpholine rings is 1. The van der Waals surface area contributed by atoms with Crippen molar-refractivity contribution in [3.8, 4) is 0 Å². The molecule has 0 saturated carbocycles. The van der Waals surface area contributed by atoms with E-state index in [2.05, 4.69) is 23.7 Å². The summed E-state index contributed by atoms with van der Waals surface area (Å²) in [5, 5.41) is 0. The maximum atomic E-state index is 12.6. The molecule has 3 rings (SSSR count). The molecule has 0 aliphatic carbocycles. The van der Waals surface area contributed by atoms with Crippen LogP contribution in [0.25, 0.3) is 0 Å². The Balaban J connectivity index is 1.83. The lowest BCUT2D eigenvalue weighted by atomic mass is 10.1. The number of fused-ring (bicyclic) bond motifs is 1. The number of rotatable bonds is 2. The number of aromatic nitrogens is 2. The zero-order valence-electron chi connectivity index (χ0n) is 13.1. The molecule has 6 nitrogen and oxygen atoms in total. The number of nitrogens with zero attached hydrogens (tertiary/aromatic N) is 4. The Morgan fingerprint density at radius 2 is 1.95 bits per heavy atom. The first-order valence-electron chi connectivity index (χ1n) is 7.73. The molecule has 0 unspecified atom stereocenters. The van der Waals surface area contributed by atoms with E-state index in [9.17, 15) is 4.79 Å². The normalized spacial score (nSPS) is 19.9. The molecule has 0 atom stereocenters. The van der Waals surface area contributed by atoms with Crippen molar-refractivity contribution in [1.82, 2.24) is 19.4 Å². The zero-order valence-corrected chi connectivity index (χ0v) is 13.1. The molecule has 2 aliphatic rings. The Labute approximate surface area is 125 Å². The minimum atomic E-state index is 0.0336. The van der Waals surface area contributed by atoms with Gasteiger partial charge in [-0.2, -0.15) is 0 Å². The summed E-state index contributed by atoms with van der Waals surface area (Å²) < 4.78 is 7.30. The van der Waals surface area contributed by atoms with Crippen LogP contribution >= 0.6 is 0 Å². The molecule has 116 valence electrons. The van der Waals surface area contributed by atoms with Gasteiger partial charge in [-0.1, -0.05) is 0 Å². The number of imidazole rings is 1. The van der Waals surface area contributed by atoms with E-state index in [-0.39, 0.29) is 5.91 Å². The predicted octanol–water partition coefficient (Wildman–Crippen LogP) is 0.659. The van der Waals surface area contributed by atoms with Crippen LogP contribution in [0.4, 0.5) is 0 Å². The van der Waals surface area contributed by atoms with Gasteiger partial charge in [-0.25, -0.2) is 4.98 Å². The summed E-state index contributed by atoms with van der Waals surface area (Å²) in [4.78, 5) is 21.5. The summed E-state index contributed by atoms with van der Waals surface area (Å²) in [6, 6.07) is 0.513. The summed E-state index contributed by atoms with van der Waals surface area (Å²) >= 11 is 0. The Kier molecular flexibility index (Phi) is 3.99.